The molecule has 31 heavy (non-hydrogen) atoms. The lowest BCUT2D eigenvalue weighted by atomic mass is 10.2. The van der Waals surface area contributed by atoms with Crippen molar-refractivity contribution in [3.63, 3.8) is 0 Å². The van der Waals surface area contributed by atoms with E-state index in [0.29, 0.717) is 49.9 Å². The number of para-hydroxylation sites is 2. The summed E-state index contributed by atoms with van der Waals surface area (Å²) < 4.78 is 13.1. The van der Waals surface area contributed by atoms with Crippen LogP contribution in [0.1, 0.15) is 11.3 Å². The molecule has 0 saturated carbocycles. The van der Waals surface area contributed by atoms with Crippen LogP contribution in [0.5, 0.6) is 11.5 Å². The van der Waals surface area contributed by atoms with Crippen molar-refractivity contribution in [3.05, 3.63) is 70.3 Å². The molecule has 1 fully saturated rings. The summed E-state index contributed by atoms with van der Waals surface area (Å²) in [6.45, 7) is 5.39. The fourth-order valence-electron chi connectivity index (χ4n) is 4.09. The van der Waals surface area contributed by atoms with Crippen LogP contribution in [0.2, 0.25) is 0 Å². The molecule has 0 spiro atoms. The van der Waals surface area contributed by atoms with Crippen LogP contribution in [0.25, 0.3) is 5.65 Å². The summed E-state index contributed by atoms with van der Waals surface area (Å²) in [5.74, 6) is 1.23. The lowest BCUT2D eigenvalue weighted by Gasteiger charge is -2.37. The van der Waals surface area contributed by atoms with Gasteiger partial charge in [-0.15, -0.1) is 0 Å². The van der Waals surface area contributed by atoms with E-state index in [4.69, 9.17) is 9.47 Å². The Bertz CT molecular complexity index is 1180. The number of aromatic nitrogens is 2. The van der Waals surface area contributed by atoms with Crippen LogP contribution in [0.4, 0.5) is 0 Å². The number of rotatable bonds is 3. The summed E-state index contributed by atoms with van der Waals surface area (Å²) in [7, 11) is 0. The van der Waals surface area contributed by atoms with Gasteiger partial charge in [0.1, 0.15) is 12.3 Å². The highest BCUT2D eigenvalue weighted by Crippen LogP contribution is 2.31. The third kappa shape index (κ3) is 3.86. The fraction of sp³-hybridized carbons (Fsp3) is 0.348. The van der Waals surface area contributed by atoms with Crippen LogP contribution in [-0.2, 0) is 11.3 Å². The molecule has 2 aromatic heterocycles. The molecule has 2 aliphatic heterocycles. The number of benzene rings is 1. The molecule has 0 aliphatic carbocycles. The number of piperazine rings is 1. The Hall–Kier alpha value is -3.39. The molecule has 3 aromatic rings. The lowest BCUT2D eigenvalue weighted by molar-refractivity contribution is -0.143. The molecular weight excluding hydrogens is 396 g/mol. The van der Waals surface area contributed by atoms with Crippen LogP contribution in [0, 0.1) is 6.92 Å². The SMILES string of the molecule is Cc1cccn2c(=O)cc(CN3CCN(C(=O)[C@@H]4COc5ccccc5O4)CC3)nc12. The quantitative estimate of drug-likeness (QED) is 0.639. The van der Waals surface area contributed by atoms with Gasteiger partial charge < -0.3 is 14.4 Å². The molecule has 2 aliphatic rings. The van der Waals surface area contributed by atoms with Gasteiger partial charge in [0, 0.05) is 45.0 Å². The number of hydrogen-bond donors (Lipinski definition) is 0. The summed E-state index contributed by atoms with van der Waals surface area (Å²) in [6, 6.07) is 12.8. The van der Waals surface area contributed by atoms with Crippen molar-refractivity contribution in [2.75, 3.05) is 32.8 Å². The number of ether oxygens (including phenoxy) is 2. The topological polar surface area (TPSA) is 76.4 Å². The molecule has 0 radical (unpaired) electrons. The van der Waals surface area contributed by atoms with Gasteiger partial charge in [-0.2, -0.15) is 0 Å². The average molecular weight is 420 g/mol. The predicted molar refractivity (Wildman–Crippen MR) is 114 cm³/mol. The first-order valence-electron chi connectivity index (χ1n) is 10.5. The lowest BCUT2D eigenvalue weighted by Crippen LogP contribution is -2.53. The molecule has 0 bridgehead atoms. The number of hydrogen-bond acceptors (Lipinski definition) is 6. The zero-order valence-electron chi connectivity index (χ0n) is 17.4. The molecule has 1 saturated heterocycles. The van der Waals surface area contributed by atoms with Crippen LogP contribution in [0.3, 0.4) is 0 Å². The van der Waals surface area contributed by atoms with Gasteiger partial charge in [-0.3, -0.25) is 18.9 Å². The number of carbonyl (C=O) groups excluding carboxylic acids is 1. The Labute approximate surface area is 179 Å². The van der Waals surface area contributed by atoms with E-state index in [9.17, 15) is 9.59 Å². The van der Waals surface area contributed by atoms with Gasteiger partial charge in [0.2, 0.25) is 6.10 Å². The first kappa shape index (κ1) is 19.6. The van der Waals surface area contributed by atoms with Crippen LogP contribution >= 0.6 is 0 Å². The molecule has 1 aromatic carbocycles. The normalized spacial score (nSPS) is 18.9. The molecule has 1 atom stereocenters. The molecule has 8 heteroatoms. The Kier molecular flexibility index (Phi) is 5.07. The van der Waals surface area contributed by atoms with Crippen molar-refractivity contribution >= 4 is 11.6 Å². The first-order chi connectivity index (χ1) is 15.1. The largest absolute Gasteiger partial charge is 0.485 e. The van der Waals surface area contributed by atoms with Crippen molar-refractivity contribution < 1.29 is 14.3 Å². The van der Waals surface area contributed by atoms with E-state index < -0.39 is 6.10 Å². The Balaban J connectivity index is 1.21. The van der Waals surface area contributed by atoms with Crippen LogP contribution in [0.15, 0.2) is 53.5 Å². The molecular formula is C23H24N4O4. The molecule has 8 nitrogen and oxygen atoms in total. The van der Waals surface area contributed by atoms with Gasteiger partial charge >= 0.3 is 0 Å². The third-order valence-corrected chi connectivity index (χ3v) is 5.79. The fourth-order valence-corrected chi connectivity index (χ4v) is 4.09. The van der Waals surface area contributed by atoms with E-state index in [1.165, 1.54) is 0 Å². The third-order valence-electron chi connectivity index (χ3n) is 5.79. The Morgan fingerprint density at radius 2 is 1.87 bits per heavy atom. The summed E-state index contributed by atoms with van der Waals surface area (Å²) in [5.41, 5.74) is 2.33. The van der Waals surface area contributed by atoms with E-state index in [1.54, 1.807) is 16.7 Å². The number of aryl methyl sites for hydroxylation is 1. The number of pyridine rings is 1. The highest BCUT2D eigenvalue weighted by atomic mass is 16.6. The van der Waals surface area contributed by atoms with E-state index in [-0.39, 0.29) is 18.1 Å². The summed E-state index contributed by atoms with van der Waals surface area (Å²) in [5, 5.41) is 0. The minimum absolute atomic E-state index is 0.0492. The molecule has 0 unspecified atom stereocenters. The van der Waals surface area contributed by atoms with Crippen molar-refractivity contribution in [1.82, 2.24) is 19.2 Å². The molecule has 160 valence electrons. The molecule has 5 rings (SSSR count). The van der Waals surface area contributed by atoms with Crippen molar-refractivity contribution in [2.24, 2.45) is 0 Å². The van der Waals surface area contributed by atoms with Crippen molar-refractivity contribution in [3.8, 4) is 11.5 Å². The minimum atomic E-state index is -0.619. The van der Waals surface area contributed by atoms with Gasteiger partial charge in [-0.25, -0.2) is 4.98 Å². The highest BCUT2D eigenvalue weighted by Gasteiger charge is 2.32. The summed E-state index contributed by atoms with van der Waals surface area (Å²) >= 11 is 0. The Morgan fingerprint density at radius 1 is 1.10 bits per heavy atom. The highest BCUT2D eigenvalue weighted by molar-refractivity contribution is 5.82. The number of nitrogens with zero attached hydrogens (tertiary/aromatic N) is 4. The van der Waals surface area contributed by atoms with Gasteiger partial charge in [0.15, 0.2) is 11.5 Å². The summed E-state index contributed by atoms with van der Waals surface area (Å²) in [6.07, 6.45) is 1.12. The second-order valence-electron chi connectivity index (χ2n) is 7.94. The minimum Gasteiger partial charge on any atom is -0.485 e. The molecule has 1 amide bonds. The Morgan fingerprint density at radius 3 is 2.68 bits per heavy atom. The zero-order valence-corrected chi connectivity index (χ0v) is 17.4. The maximum Gasteiger partial charge on any atom is 0.267 e. The second-order valence-corrected chi connectivity index (χ2v) is 7.94. The number of carbonyl (C=O) groups is 1. The summed E-state index contributed by atoms with van der Waals surface area (Å²) in [4.78, 5) is 34.0. The van der Waals surface area contributed by atoms with Gasteiger partial charge in [0.05, 0.1) is 5.69 Å². The van der Waals surface area contributed by atoms with Gasteiger partial charge in [0.25, 0.3) is 11.5 Å². The van der Waals surface area contributed by atoms with Crippen molar-refractivity contribution in [2.45, 2.75) is 19.6 Å². The van der Waals surface area contributed by atoms with E-state index in [1.807, 2.05) is 48.2 Å². The van der Waals surface area contributed by atoms with Gasteiger partial charge in [-0.1, -0.05) is 18.2 Å². The predicted octanol–water partition coefficient (Wildman–Crippen LogP) is 1.49. The molecule has 0 N–H and O–H groups in total. The molecule has 4 heterocycles. The second kappa shape index (κ2) is 8.03. The smallest absolute Gasteiger partial charge is 0.267 e. The monoisotopic (exact) mass is 420 g/mol. The zero-order chi connectivity index (χ0) is 21.4. The van der Waals surface area contributed by atoms with Crippen molar-refractivity contribution in [1.29, 1.82) is 0 Å². The maximum absolute atomic E-state index is 12.9. The average Bonchev–Trinajstić information content (AvgIpc) is 2.79. The number of fused-ring (bicyclic) bond motifs is 2. The number of amides is 1. The van der Waals surface area contributed by atoms with E-state index in [2.05, 4.69) is 9.88 Å². The van der Waals surface area contributed by atoms with E-state index in [0.717, 1.165) is 11.3 Å². The van der Waals surface area contributed by atoms with Crippen LogP contribution < -0.4 is 15.0 Å². The van der Waals surface area contributed by atoms with Gasteiger partial charge in [-0.05, 0) is 30.7 Å². The van der Waals surface area contributed by atoms with E-state index >= 15 is 0 Å². The standard InChI is InChI=1S/C23H24N4O4/c1-16-5-4-8-27-21(28)13-17(24-22(16)27)14-25-9-11-26(12-10-25)23(29)20-15-30-18-6-2-3-7-19(18)31-20/h2-8,13,20H,9-12,14-15H2,1H3/t20-/m0/s1. The first-order valence-corrected chi connectivity index (χ1v) is 10.5. The van der Waals surface area contributed by atoms with Crippen LogP contribution in [-0.4, -0.2) is 64.0 Å². The maximum atomic E-state index is 12.9.